The van der Waals surface area contributed by atoms with Crippen LogP contribution in [0.1, 0.15) is 10.4 Å². The third-order valence-corrected chi connectivity index (χ3v) is 5.43. The van der Waals surface area contributed by atoms with Crippen LogP contribution in [-0.4, -0.2) is 10.5 Å². The molecule has 0 amide bonds. The standard InChI is InChI=1S/C25H14ClF2NO/c26-18-9-11-23-17(12-18)14-24(20-7-3-5-15-4-1-2-6-19(15)20)29(23)25(30)16-8-10-21(27)22(28)13-16/h1-14H. The lowest BCUT2D eigenvalue weighted by molar-refractivity contribution is 0.0966. The normalized spacial score (nSPS) is 11.3. The Morgan fingerprint density at radius 2 is 1.57 bits per heavy atom. The van der Waals surface area contributed by atoms with Crippen molar-refractivity contribution in [1.29, 1.82) is 0 Å². The van der Waals surface area contributed by atoms with Crippen molar-refractivity contribution in [3.05, 3.63) is 107 Å². The summed E-state index contributed by atoms with van der Waals surface area (Å²) in [6.07, 6.45) is 0. The smallest absolute Gasteiger partial charge is 0.262 e. The maximum atomic E-state index is 13.8. The van der Waals surface area contributed by atoms with Crippen molar-refractivity contribution in [1.82, 2.24) is 4.57 Å². The Morgan fingerprint density at radius 3 is 2.40 bits per heavy atom. The van der Waals surface area contributed by atoms with Gasteiger partial charge >= 0.3 is 0 Å². The molecule has 0 saturated heterocycles. The molecular formula is C25H14ClF2NO. The zero-order valence-electron chi connectivity index (χ0n) is 15.6. The van der Waals surface area contributed by atoms with Crippen LogP contribution in [-0.2, 0) is 0 Å². The molecule has 0 aliphatic heterocycles. The van der Waals surface area contributed by atoms with Crippen LogP contribution in [0.5, 0.6) is 0 Å². The van der Waals surface area contributed by atoms with E-state index in [0.717, 1.165) is 33.9 Å². The number of carbonyl (C=O) groups is 1. The minimum absolute atomic E-state index is 0.0582. The second-order valence-electron chi connectivity index (χ2n) is 7.03. The number of nitrogens with zero attached hydrogens (tertiary/aromatic N) is 1. The van der Waals surface area contributed by atoms with E-state index in [1.54, 1.807) is 18.2 Å². The van der Waals surface area contributed by atoms with Gasteiger partial charge in [-0.25, -0.2) is 8.78 Å². The second kappa shape index (κ2) is 7.08. The fourth-order valence-corrected chi connectivity index (χ4v) is 3.99. The van der Waals surface area contributed by atoms with Crippen LogP contribution in [0.3, 0.4) is 0 Å². The maximum Gasteiger partial charge on any atom is 0.262 e. The number of fused-ring (bicyclic) bond motifs is 2. The average Bonchev–Trinajstić information content (AvgIpc) is 3.13. The van der Waals surface area contributed by atoms with Crippen molar-refractivity contribution in [3.63, 3.8) is 0 Å². The maximum absolute atomic E-state index is 13.8. The predicted octanol–water partition coefficient (Wildman–Crippen LogP) is 7.08. The quantitative estimate of drug-likeness (QED) is 0.301. The van der Waals surface area contributed by atoms with Crippen LogP contribution < -0.4 is 0 Å². The van der Waals surface area contributed by atoms with E-state index in [-0.39, 0.29) is 5.56 Å². The molecule has 0 radical (unpaired) electrons. The number of hydrogen-bond donors (Lipinski definition) is 0. The third kappa shape index (κ3) is 2.97. The molecule has 0 N–H and O–H groups in total. The van der Waals surface area contributed by atoms with Crippen LogP contribution >= 0.6 is 11.6 Å². The lowest BCUT2D eigenvalue weighted by Gasteiger charge is -2.12. The molecule has 5 aromatic rings. The lowest BCUT2D eigenvalue weighted by atomic mass is 10.0. The van der Waals surface area contributed by atoms with Crippen molar-refractivity contribution >= 4 is 39.2 Å². The Labute approximate surface area is 175 Å². The number of carbonyl (C=O) groups excluding carboxylic acids is 1. The predicted molar refractivity (Wildman–Crippen MR) is 116 cm³/mol. The van der Waals surface area contributed by atoms with Crippen molar-refractivity contribution in [2.24, 2.45) is 0 Å². The van der Waals surface area contributed by atoms with Gasteiger partial charge in [0.05, 0.1) is 11.2 Å². The number of rotatable bonds is 2. The van der Waals surface area contributed by atoms with Gasteiger partial charge in [0.1, 0.15) is 0 Å². The average molecular weight is 418 g/mol. The van der Waals surface area contributed by atoms with E-state index < -0.39 is 17.5 Å². The third-order valence-electron chi connectivity index (χ3n) is 5.20. The largest absolute Gasteiger partial charge is 0.276 e. The molecule has 0 spiro atoms. The van der Waals surface area contributed by atoms with E-state index in [0.29, 0.717) is 16.2 Å². The molecule has 0 aliphatic carbocycles. The van der Waals surface area contributed by atoms with Crippen molar-refractivity contribution < 1.29 is 13.6 Å². The van der Waals surface area contributed by atoms with Gasteiger partial charge in [0, 0.05) is 21.5 Å². The molecular weight excluding hydrogens is 404 g/mol. The first-order valence-corrected chi connectivity index (χ1v) is 9.69. The first kappa shape index (κ1) is 18.5. The lowest BCUT2D eigenvalue weighted by Crippen LogP contribution is -2.13. The van der Waals surface area contributed by atoms with E-state index in [1.165, 1.54) is 10.6 Å². The molecule has 146 valence electrons. The van der Waals surface area contributed by atoms with Crippen molar-refractivity contribution in [3.8, 4) is 11.3 Å². The van der Waals surface area contributed by atoms with E-state index in [9.17, 15) is 13.6 Å². The van der Waals surface area contributed by atoms with Gasteiger partial charge in [0.25, 0.3) is 5.91 Å². The summed E-state index contributed by atoms with van der Waals surface area (Å²) in [7, 11) is 0. The number of hydrogen-bond acceptors (Lipinski definition) is 1. The summed E-state index contributed by atoms with van der Waals surface area (Å²) < 4.78 is 28.8. The van der Waals surface area contributed by atoms with E-state index in [1.807, 2.05) is 48.5 Å². The molecule has 0 aliphatic rings. The number of halogens is 3. The van der Waals surface area contributed by atoms with Crippen LogP contribution in [0, 0.1) is 11.6 Å². The van der Waals surface area contributed by atoms with Crippen LogP contribution in [0.2, 0.25) is 5.02 Å². The van der Waals surface area contributed by atoms with Gasteiger partial charge in [0.15, 0.2) is 11.6 Å². The Kier molecular flexibility index (Phi) is 4.37. The van der Waals surface area contributed by atoms with E-state index in [4.69, 9.17) is 11.6 Å². The van der Waals surface area contributed by atoms with Gasteiger partial charge in [-0.3, -0.25) is 9.36 Å². The summed E-state index contributed by atoms with van der Waals surface area (Å²) >= 11 is 6.17. The van der Waals surface area contributed by atoms with Gasteiger partial charge < -0.3 is 0 Å². The summed E-state index contributed by atoms with van der Waals surface area (Å²) in [6.45, 7) is 0. The topological polar surface area (TPSA) is 22.0 Å². The van der Waals surface area contributed by atoms with Gasteiger partial charge in [-0.1, -0.05) is 54.1 Å². The molecule has 2 nitrogen and oxygen atoms in total. The van der Waals surface area contributed by atoms with Crippen molar-refractivity contribution in [2.45, 2.75) is 0 Å². The zero-order valence-corrected chi connectivity index (χ0v) is 16.3. The minimum Gasteiger partial charge on any atom is -0.276 e. The minimum atomic E-state index is -1.06. The van der Waals surface area contributed by atoms with Crippen molar-refractivity contribution in [2.75, 3.05) is 0 Å². The highest BCUT2D eigenvalue weighted by molar-refractivity contribution is 6.31. The first-order valence-electron chi connectivity index (χ1n) is 9.32. The molecule has 30 heavy (non-hydrogen) atoms. The molecule has 1 heterocycles. The molecule has 0 fully saturated rings. The van der Waals surface area contributed by atoms with Gasteiger partial charge in [-0.05, 0) is 53.2 Å². The SMILES string of the molecule is O=C(c1ccc(F)c(F)c1)n1c(-c2cccc3ccccc23)cc2cc(Cl)ccc21. The van der Waals surface area contributed by atoms with Crippen LogP contribution in [0.15, 0.2) is 84.9 Å². The molecule has 0 atom stereocenters. The summed E-state index contributed by atoms with van der Waals surface area (Å²) in [5, 5.41) is 3.34. The summed E-state index contributed by atoms with van der Waals surface area (Å²) in [5.41, 5.74) is 2.20. The molecule has 1 aromatic heterocycles. The monoisotopic (exact) mass is 417 g/mol. The Bertz CT molecular complexity index is 1450. The highest BCUT2D eigenvalue weighted by Crippen LogP contribution is 2.35. The van der Waals surface area contributed by atoms with Crippen LogP contribution in [0.25, 0.3) is 32.9 Å². The van der Waals surface area contributed by atoms with Crippen LogP contribution in [0.4, 0.5) is 8.78 Å². The first-order chi connectivity index (χ1) is 14.5. The highest BCUT2D eigenvalue weighted by atomic mass is 35.5. The Balaban J connectivity index is 1.82. The molecule has 5 rings (SSSR count). The second-order valence-corrected chi connectivity index (χ2v) is 7.47. The molecule has 5 heteroatoms. The summed E-state index contributed by atoms with van der Waals surface area (Å²) in [5.74, 6) is -2.51. The molecule has 0 unspecified atom stereocenters. The Hall–Kier alpha value is -3.50. The number of benzene rings is 4. The van der Waals surface area contributed by atoms with E-state index >= 15 is 0 Å². The molecule has 0 saturated carbocycles. The summed E-state index contributed by atoms with van der Waals surface area (Å²) in [4.78, 5) is 13.4. The number of aromatic nitrogens is 1. The van der Waals surface area contributed by atoms with Gasteiger partial charge in [0.2, 0.25) is 0 Å². The van der Waals surface area contributed by atoms with E-state index in [2.05, 4.69) is 0 Å². The van der Waals surface area contributed by atoms with Gasteiger partial charge in [-0.15, -0.1) is 0 Å². The fourth-order valence-electron chi connectivity index (χ4n) is 3.81. The fraction of sp³-hybridized carbons (Fsp3) is 0. The Morgan fingerprint density at radius 1 is 0.767 bits per heavy atom. The van der Waals surface area contributed by atoms with Gasteiger partial charge in [-0.2, -0.15) is 0 Å². The molecule has 0 bridgehead atoms. The highest BCUT2D eigenvalue weighted by Gasteiger charge is 2.20. The molecule has 4 aromatic carbocycles. The summed E-state index contributed by atoms with van der Waals surface area (Å²) in [6, 6.07) is 24.0. The zero-order chi connectivity index (χ0) is 20.8.